The van der Waals surface area contributed by atoms with Crippen molar-refractivity contribution in [2.75, 3.05) is 32.7 Å². The van der Waals surface area contributed by atoms with Crippen molar-refractivity contribution in [3.63, 3.8) is 0 Å². The lowest BCUT2D eigenvalue weighted by atomic mass is 10.0. The van der Waals surface area contributed by atoms with Crippen LogP contribution in [-0.2, 0) is 0 Å². The van der Waals surface area contributed by atoms with Crippen LogP contribution in [0, 0.1) is 13.8 Å². The maximum atomic E-state index is 12.6. The van der Waals surface area contributed by atoms with Crippen molar-refractivity contribution >= 4 is 11.7 Å². The Hall–Kier alpha value is -2.08. The lowest BCUT2D eigenvalue weighted by molar-refractivity contribution is 0.0652. The third kappa shape index (κ3) is 3.72. The SMILES string of the molecule is Cc1ccc(C)c(C(=O)N2CCN(CC(N)=NO)CC2)c1. The Morgan fingerprint density at radius 1 is 1.29 bits per heavy atom. The van der Waals surface area contributed by atoms with E-state index in [9.17, 15) is 4.79 Å². The summed E-state index contributed by atoms with van der Waals surface area (Å²) in [5.41, 5.74) is 8.38. The number of carbonyl (C=O) groups excluding carboxylic acids is 1. The van der Waals surface area contributed by atoms with Crippen LogP contribution in [0.25, 0.3) is 0 Å². The van der Waals surface area contributed by atoms with Crippen LogP contribution in [0.5, 0.6) is 0 Å². The van der Waals surface area contributed by atoms with Crippen LogP contribution in [0.1, 0.15) is 21.5 Å². The zero-order valence-corrected chi connectivity index (χ0v) is 12.5. The molecule has 1 aromatic carbocycles. The lowest BCUT2D eigenvalue weighted by Crippen LogP contribution is -2.50. The minimum absolute atomic E-state index is 0.0830. The highest BCUT2D eigenvalue weighted by Gasteiger charge is 2.23. The van der Waals surface area contributed by atoms with Gasteiger partial charge >= 0.3 is 0 Å². The number of carbonyl (C=O) groups is 1. The van der Waals surface area contributed by atoms with E-state index in [2.05, 4.69) is 10.1 Å². The van der Waals surface area contributed by atoms with E-state index in [1.165, 1.54) is 0 Å². The molecule has 0 aromatic heterocycles. The van der Waals surface area contributed by atoms with Crippen molar-refractivity contribution in [2.45, 2.75) is 13.8 Å². The fraction of sp³-hybridized carbons (Fsp3) is 0.467. The summed E-state index contributed by atoms with van der Waals surface area (Å²) in [5.74, 6) is 0.281. The number of hydrogen-bond acceptors (Lipinski definition) is 4. The van der Waals surface area contributed by atoms with Crippen molar-refractivity contribution in [3.8, 4) is 0 Å². The first kappa shape index (κ1) is 15.3. The number of nitrogens with zero attached hydrogens (tertiary/aromatic N) is 3. The number of nitrogens with two attached hydrogens (primary N) is 1. The van der Waals surface area contributed by atoms with Gasteiger partial charge in [-0.15, -0.1) is 0 Å². The average Bonchev–Trinajstić information content (AvgIpc) is 2.49. The van der Waals surface area contributed by atoms with Gasteiger partial charge in [0.1, 0.15) is 0 Å². The van der Waals surface area contributed by atoms with Crippen molar-refractivity contribution < 1.29 is 10.0 Å². The zero-order valence-electron chi connectivity index (χ0n) is 12.5. The number of aryl methyl sites for hydroxylation is 2. The Balaban J connectivity index is 1.99. The predicted molar refractivity (Wildman–Crippen MR) is 81.7 cm³/mol. The molecule has 0 bridgehead atoms. The van der Waals surface area contributed by atoms with Gasteiger partial charge in [0.15, 0.2) is 5.84 Å². The van der Waals surface area contributed by atoms with Gasteiger partial charge in [-0.05, 0) is 25.5 Å². The first-order valence-electron chi connectivity index (χ1n) is 7.06. The molecule has 0 atom stereocenters. The number of piperazine rings is 1. The topological polar surface area (TPSA) is 82.2 Å². The van der Waals surface area contributed by atoms with Gasteiger partial charge in [-0.2, -0.15) is 0 Å². The smallest absolute Gasteiger partial charge is 0.254 e. The van der Waals surface area contributed by atoms with E-state index < -0.39 is 0 Å². The first-order chi connectivity index (χ1) is 10.0. The highest BCUT2D eigenvalue weighted by atomic mass is 16.4. The highest BCUT2D eigenvalue weighted by Crippen LogP contribution is 2.15. The molecule has 0 saturated carbocycles. The number of amidine groups is 1. The van der Waals surface area contributed by atoms with Crippen molar-refractivity contribution in [1.82, 2.24) is 9.80 Å². The molecule has 0 unspecified atom stereocenters. The van der Waals surface area contributed by atoms with Gasteiger partial charge in [0, 0.05) is 31.7 Å². The van der Waals surface area contributed by atoms with Gasteiger partial charge in [-0.1, -0.05) is 22.9 Å². The second-order valence-corrected chi connectivity index (χ2v) is 5.48. The maximum absolute atomic E-state index is 12.6. The summed E-state index contributed by atoms with van der Waals surface area (Å²) < 4.78 is 0. The molecule has 0 radical (unpaired) electrons. The van der Waals surface area contributed by atoms with Crippen LogP contribution in [-0.4, -0.2) is 59.5 Å². The van der Waals surface area contributed by atoms with E-state index in [4.69, 9.17) is 10.9 Å². The van der Waals surface area contributed by atoms with Crippen LogP contribution in [0.3, 0.4) is 0 Å². The monoisotopic (exact) mass is 290 g/mol. The second kappa shape index (κ2) is 6.58. The highest BCUT2D eigenvalue weighted by molar-refractivity contribution is 5.96. The molecule has 2 rings (SSSR count). The van der Waals surface area contributed by atoms with Crippen molar-refractivity contribution in [1.29, 1.82) is 0 Å². The summed E-state index contributed by atoms with van der Waals surface area (Å²) in [6.07, 6.45) is 0. The summed E-state index contributed by atoms with van der Waals surface area (Å²) in [5, 5.41) is 11.6. The Labute approximate surface area is 124 Å². The van der Waals surface area contributed by atoms with Crippen LogP contribution >= 0.6 is 0 Å². The third-order valence-electron chi connectivity index (χ3n) is 3.80. The summed E-state index contributed by atoms with van der Waals surface area (Å²) in [7, 11) is 0. The summed E-state index contributed by atoms with van der Waals surface area (Å²) in [6.45, 7) is 7.16. The molecule has 1 aromatic rings. The van der Waals surface area contributed by atoms with Crippen molar-refractivity contribution in [2.24, 2.45) is 10.9 Å². The minimum Gasteiger partial charge on any atom is -0.409 e. The molecule has 1 fully saturated rings. The molecule has 1 heterocycles. The molecule has 6 nitrogen and oxygen atoms in total. The van der Waals surface area contributed by atoms with Gasteiger partial charge < -0.3 is 15.8 Å². The van der Waals surface area contributed by atoms with E-state index in [0.717, 1.165) is 29.8 Å². The van der Waals surface area contributed by atoms with Gasteiger partial charge in [0.2, 0.25) is 0 Å². The fourth-order valence-corrected chi connectivity index (χ4v) is 2.51. The van der Waals surface area contributed by atoms with Crippen molar-refractivity contribution in [3.05, 3.63) is 34.9 Å². The second-order valence-electron chi connectivity index (χ2n) is 5.48. The molecule has 0 spiro atoms. The Kier molecular flexibility index (Phi) is 4.80. The number of rotatable bonds is 3. The van der Waals surface area contributed by atoms with E-state index >= 15 is 0 Å². The van der Waals surface area contributed by atoms with E-state index in [1.807, 2.05) is 36.9 Å². The van der Waals surface area contributed by atoms with Gasteiger partial charge in [-0.25, -0.2) is 0 Å². The minimum atomic E-state index is 0.0830. The molecular formula is C15H22N4O2. The largest absolute Gasteiger partial charge is 0.409 e. The Morgan fingerprint density at radius 2 is 1.95 bits per heavy atom. The quantitative estimate of drug-likeness (QED) is 0.373. The lowest BCUT2D eigenvalue weighted by Gasteiger charge is -2.34. The average molecular weight is 290 g/mol. The van der Waals surface area contributed by atoms with Crippen LogP contribution in [0.4, 0.5) is 0 Å². The van der Waals surface area contributed by atoms with Crippen LogP contribution in [0.2, 0.25) is 0 Å². The number of amides is 1. The number of oxime groups is 1. The molecule has 0 aliphatic carbocycles. The Morgan fingerprint density at radius 3 is 2.57 bits per heavy atom. The van der Waals surface area contributed by atoms with E-state index in [0.29, 0.717) is 19.6 Å². The normalized spacial score (nSPS) is 17.0. The third-order valence-corrected chi connectivity index (χ3v) is 3.80. The van der Waals surface area contributed by atoms with Gasteiger partial charge in [0.25, 0.3) is 5.91 Å². The zero-order chi connectivity index (χ0) is 15.4. The molecule has 1 aliphatic rings. The maximum Gasteiger partial charge on any atom is 0.254 e. The molecular weight excluding hydrogens is 268 g/mol. The molecule has 114 valence electrons. The summed E-state index contributed by atoms with van der Waals surface area (Å²) >= 11 is 0. The molecule has 1 aliphatic heterocycles. The summed E-state index contributed by atoms with van der Waals surface area (Å²) in [4.78, 5) is 16.5. The first-order valence-corrected chi connectivity index (χ1v) is 7.06. The van der Waals surface area contributed by atoms with Crippen LogP contribution in [0.15, 0.2) is 23.4 Å². The molecule has 21 heavy (non-hydrogen) atoms. The standard InChI is InChI=1S/C15H22N4O2/c1-11-3-4-12(2)13(9-11)15(20)19-7-5-18(6-8-19)10-14(16)17-21/h3-4,9,21H,5-8,10H2,1-2H3,(H2,16,17). The number of benzene rings is 1. The summed E-state index contributed by atoms with van der Waals surface area (Å²) in [6, 6.07) is 5.94. The molecule has 1 amide bonds. The molecule has 3 N–H and O–H groups in total. The number of hydrogen-bond donors (Lipinski definition) is 2. The fourth-order valence-electron chi connectivity index (χ4n) is 2.51. The molecule has 6 heteroatoms. The van der Waals surface area contributed by atoms with Gasteiger partial charge in [-0.3, -0.25) is 9.69 Å². The van der Waals surface area contributed by atoms with Crippen LogP contribution < -0.4 is 5.73 Å². The molecule has 1 saturated heterocycles. The van der Waals surface area contributed by atoms with E-state index in [1.54, 1.807) is 0 Å². The predicted octanol–water partition coefficient (Wildman–Crippen LogP) is 0.808. The van der Waals surface area contributed by atoms with E-state index in [-0.39, 0.29) is 11.7 Å². The Bertz CT molecular complexity index is 549. The van der Waals surface area contributed by atoms with Gasteiger partial charge in [0.05, 0.1) is 6.54 Å².